The third kappa shape index (κ3) is 4.30. The molecule has 1 N–H and O–H groups in total. The van der Waals surface area contributed by atoms with E-state index < -0.39 is 5.97 Å². The molecule has 0 spiro atoms. The number of fused-ring (bicyclic) bond motifs is 1. The van der Waals surface area contributed by atoms with Gasteiger partial charge in [0.2, 0.25) is 0 Å². The van der Waals surface area contributed by atoms with Crippen molar-refractivity contribution in [2.75, 3.05) is 18.5 Å². The Bertz CT molecular complexity index is 1120. The van der Waals surface area contributed by atoms with E-state index in [0.29, 0.717) is 19.5 Å². The summed E-state index contributed by atoms with van der Waals surface area (Å²) in [6.07, 6.45) is 0.594. The lowest BCUT2D eigenvalue weighted by Gasteiger charge is -2.28. The van der Waals surface area contributed by atoms with E-state index >= 15 is 0 Å². The number of hydrogen-bond acceptors (Lipinski definition) is 4. The molecule has 0 bridgehead atoms. The lowest BCUT2D eigenvalue weighted by Crippen LogP contribution is -2.39. The van der Waals surface area contributed by atoms with Crippen LogP contribution in [0.3, 0.4) is 0 Å². The molecule has 31 heavy (non-hydrogen) atoms. The normalized spacial score (nSPS) is 12.9. The molecule has 0 fully saturated rings. The molecule has 0 unspecified atom stereocenters. The Morgan fingerprint density at radius 3 is 2.58 bits per heavy atom. The molecule has 4 rings (SSSR count). The fourth-order valence-electron chi connectivity index (χ4n) is 3.78. The summed E-state index contributed by atoms with van der Waals surface area (Å²) in [7, 11) is 0. The van der Waals surface area contributed by atoms with Crippen LogP contribution < -0.4 is 5.32 Å². The van der Waals surface area contributed by atoms with Crippen LogP contribution in [0.25, 0.3) is 5.69 Å². The second-order valence-corrected chi connectivity index (χ2v) is 7.71. The summed E-state index contributed by atoms with van der Waals surface area (Å²) >= 11 is 0. The van der Waals surface area contributed by atoms with Crippen molar-refractivity contribution in [3.05, 3.63) is 76.6 Å². The van der Waals surface area contributed by atoms with E-state index in [2.05, 4.69) is 10.4 Å². The minimum Gasteiger partial charge on any atom is -0.461 e. The fourth-order valence-corrected chi connectivity index (χ4v) is 3.78. The van der Waals surface area contributed by atoms with Crippen LogP contribution in [0.2, 0.25) is 0 Å². The number of hydrogen-bond donors (Lipinski definition) is 1. The molecule has 160 valence electrons. The molecule has 2 heterocycles. The van der Waals surface area contributed by atoms with Gasteiger partial charge in [0.25, 0.3) is 0 Å². The summed E-state index contributed by atoms with van der Waals surface area (Å²) in [5.41, 5.74) is 5.80. The highest BCUT2D eigenvalue weighted by Crippen LogP contribution is 2.27. The van der Waals surface area contributed by atoms with E-state index in [4.69, 9.17) is 4.74 Å². The van der Waals surface area contributed by atoms with Gasteiger partial charge in [-0.05, 0) is 50.6 Å². The van der Waals surface area contributed by atoms with Gasteiger partial charge in [-0.1, -0.05) is 29.8 Å². The monoisotopic (exact) mass is 418 g/mol. The SMILES string of the molecule is CCOC(=O)c1nn(-c2ccc(C)cc2)c2c1CN(C(=O)Nc1cccc(C)c1)CC2. The number of rotatable bonds is 4. The van der Waals surface area contributed by atoms with Crippen molar-refractivity contribution in [3.8, 4) is 5.69 Å². The van der Waals surface area contributed by atoms with Crippen LogP contribution in [-0.2, 0) is 17.7 Å². The maximum Gasteiger partial charge on any atom is 0.359 e. The number of nitrogens with zero attached hydrogens (tertiary/aromatic N) is 3. The minimum atomic E-state index is -0.467. The summed E-state index contributed by atoms with van der Waals surface area (Å²) in [6, 6.07) is 15.5. The van der Waals surface area contributed by atoms with Crippen molar-refractivity contribution in [2.45, 2.75) is 33.7 Å². The van der Waals surface area contributed by atoms with Gasteiger partial charge in [-0.15, -0.1) is 0 Å². The molecule has 0 atom stereocenters. The van der Waals surface area contributed by atoms with Crippen LogP contribution in [0.15, 0.2) is 48.5 Å². The topological polar surface area (TPSA) is 76.5 Å². The van der Waals surface area contributed by atoms with Crippen molar-refractivity contribution in [1.82, 2.24) is 14.7 Å². The van der Waals surface area contributed by atoms with Crippen molar-refractivity contribution >= 4 is 17.7 Å². The van der Waals surface area contributed by atoms with Gasteiger partial charge in [0.15, 0.2) is 5.69 Å². The molecule has 3 aromatic rings. The number of anilines is 1. The number of esters is 1. The standard InChI is InChI=1S/C24H26N4O3/c1-4-31-23(29)22-20-15-27(24(30)25-18-7-5-6-17(3)14-18)13-12-21(20)28(26-22)19-10-8-16(2)9-11-19/h5-11,14H,4,12-13,15H2,1-3H3,(H,25,30). The van der Waals surface area contributed by atoms with Crippen LogP contribution in [0.1, 0.15) is 39.8 Å². The zero-order chi connectivity index (χ0) is 22.0. The quantitative estimate of drug-likeness (QED) is 0.643. The van der Waals surface area contributed by atoms with Crippen molar-refractivity contribution in [3.63, 3.8) is 0 Å². The van der Waals surface area contributed by atoms with Crippen molar-refractivity contribution in [2.24, 2.45) is 0 Å². The number of ether oxygens (including phenoxy) is 1. The summed E-state index contributed by atoms with van der Waals surface area (Å²) < 4.78 is 7.04. The average molecular weight is 418 g/mol. The smallest absolute Gasteiger partial charge is 0.359 e. The highest BCUT2D eigenvalue weighted by molar-refractivity contribution is 5.91. The summed E-state index contributed by atoms with van der Waals surface area (Å²) in [4.78, 5) is 27.2. The molecular weight excluding hydrogens is 392 g/mol. The van der Waals surface area contributed by atoms with Gasteiger partial charge in [0.1, 0.15) is 0 Å². The number of nitrogens with one attached hydrogen (secondary N) is 1. The molecule has 7 nitrogen and oxygen atoms in total. The summed E-state index contributed by atoms with van der Waals surface area (Å²) in [5.74, 6) is -0.467. The number of carbonyl (C=O) groups excluding carboxylic acids is 2. The zero-order valence-electron chi connectivity index (χ0n) is 18.0. The lowest BCUT2D eigenvalue weighted by molar-refractivity contribution is 0.0516. The average Bonchev–Trinajstić information content (AvgIpc) is 3.13. The van der Waals surface area contributed by atoms with E-state index in [1.165, 1.54) is 0 Å². The number of aromatic nitrogens is 2. The van der Waals surface area contributed by atoms with Crippen LogP contribution >= 0.6 is 0 Å². The zero-order valence-corrected chi connectivity index (χ0v) is 18.0. The van der Waals surface area contributed by atoms with Gasteiger partial charge in [-0.3, -0.25) is 0 Å². The Labute approximate surface area is 181 Å². The Kier molecular flexibility index (Phi) is 5.75. The minimum absolute atomic E-state index is 0.200. The summed E-state index contributed by atoms with van der Waals surface area (Å²) in [6.45, 7) is 6.87. The van der Waals surface area contributed by atoms with Gasteiger partial charge >= 0.3 is 12.0 Å². The molecule has 1 aromatic heterocycles. The van der Waals surface area contributed by atoms with E-state index in [1.54, 1.807) is 16.5 Å². The van der Waals surface area contributed by atoms with Gasteiger partial charge in [-0.25, -0.2) is 14.3 Å². The maximum atomic E-state index is 12.9. The third-order valence-corrected chi connectivity index (χ3v) is 5.36. The van der Waals surface area contributed by atoms with Gasteiger partial charge in [0.05, 0.1) is 24.5 Å². The third-order valence-electron chi connectivity index (χ3n) is 5.36. The molecule has 0 aliphatic carbocycles. The molecule has 1 aliphatic rings. The Balaban J connectivity index is 1.64. The number of aryl methyl sites for hydroxylation is 2. The molecule has 7 heteroatoms. The van der Waals surface area contributed by atoms with Crippen molar-refractivity contribution in [1.29, 1.82) is 0 Å². The maximum absolute atomic E-state index is 12.9. The highest BCUT2D eigenvalue weighted by Gasteiger charge is 2.31. The van der Waals surface area contributed by atoms with Gasteiger partial charge < -0.3 is 15.0 Å². The van der Waals surface area contributed by atoms with Gasteiger partial charge in [0, 0.05) is 24.2 Å². The Hall–Kier alpha value is -3.61. The molecular formula is C24H26N4O3. The first-order chi connectivity index (χ1) is 15.0. The second-order valence-electron chi connectivity index (χ2n) is 7.71. The first-order valence-corrected chi connectivity index (χ1v) is 10.4. The number of carbonyl (C=O) groups is 2. The molecule has 0 radical (unpaired) electrons. The largest absolute Gasteiger partial charge is 0.461 e. The molecule has 2 aromatic carbocycles. The van der Waals surface area contributed by atoms with Crippen LogP contribution in [0.4, 0.5) is 10.5 Å². The van der Waals surface area contributed by atoms with Crippen LogP contribution in [0.5, 0.6) is 0 Å². The fraction of sp³-hybridized carbons (Fsp3) is 0.292. The number of urea groups is 1. The summed E-state index contributed by atoms with van der Waals surface area (Å²) in [5, 5.41) is 7.53. The van der Waals surface area contributed by atoms with Crippen LogP contribution in [-0.4, -0.2) is 39.8 Å². The Morgan fingerprint density at radius 1 is 1.10 bits per heavy atom. The van der Waals surface area contributed by atoms with E-state index in [-0.39, 0.29) is 18.3 Å². The molecule has 0 saturated carbocycles. The lowest BCUT2D eigenvalue weighted by atomic mass is 10.0. The van der Waals surface area contributed by atoms with E-state index in [1.807, 2.05) is 62.4 Å². The highest BCUT2D eigenvalue weighted by atomic mass is 16.5. The first kappa shape index (κ1) is 20.7. The van der Waals surface area contributed by atoms with Crippen molar-refractivity contribution < 1.29 is 14.3 Å². The first-order valence-electron chi connectivity index (χ1n) is 10.4. The molecule has 1 aliphatic heterocycles. The number of amides is 2. The van der Waals surface area contributed by atoms with E-state index in [0.717, 1.165) is 33.8 Å². The van der Waals surface area contributed by atoms with E-state index in [9.17, 15) is 9.59 Å². The number of benzene rings is 2. The Morgan fingerprint density at radius 2 is 1.87 bits per heavy atom. The van der Waals surface area contributed by atoms with Gasteiger partial charge in [-0.2, -0.15) is 5.10 Å². The second kappa shape index (κ2) is 8.63. The van der Waals surface area contributed by atoms with Crippen LogP contribution in [0, 0.1) is 13.8 Å². The predicted molar refractivity (Wildman–Crippen MR) is 119 cm³/mol. The molecule has 0 saturated heterocycles. The predicted octanol–water partition coefficient (Wildman–Crippen LogP) is 4.26. The molecule has 2 amide bonds.